The van der Waals surface area contributed by atoms with E-state index in [1.54, 1.807) is 0 Å². The van der Waals surface area contributed by atoms with Crippen LogP contribution in [0.5, 0.6) is 0 Å². The molecule has 0 saturated heterocycles. The number of nitrogens with one attached hydrogen (secondary N) is 2. The maximum Gasteiger partial charge on any atom is 0.233 e. The highest BCUT2D eigenvalue weighted by molar-refractivity contribution is 8.01. The number of ketones is 1. The van der Waals surface area contributed by atoms with Crippen LogP contribution in [-0.2, 0) is 23.9 Å². The van der Waals surface area contributed by atoms with E-state index in [4.69, 9.17) is 9.47 Å². The van der Waals surface area contributed by atoms with Crippen LogP contribution in [0.25, 0.3) is 0 Å². The minimum absolute atomic E-state index is 0.0296. The smallest absolute Gasteiger partial charge is 0.233 e. The third-order valence-electron chi connectivity index (χ3n) is 3.65. The zero-order valence-corrected chi connectivity index (χ0v) is 18.9. The highest BCUT2D eigenvalue weighted by Gasteiger charge is 2.23. The Balaban J connectivity index is 4.43. The van der Waals surface area contributed by atoms with Gasteiger partial charge in [0.25, 0.3) is 0 Å². The molecule has 0 aromatic carbocycles. The number of ether oxygens (including phenoxy) is 2. The van der Waals surface area contributed by atoms with Gasteiger partial charge in [0, 0.05) is 38.6 Å². The number of Topliss-reactive ketones (excluding diaryl/α,β-unsaturated/α-hetero) is 1. The molecule has 2 amide bonds. The van der Waals surface area contributed by atoms with Gasteiger partial charge in [-0.25, -0.2) is 0 Å². The number of carbonyl (C=O) groups is 3. The first-order valence-electron chi connectivity index (χ1n) is 10.1. The number of hydrogen-bond acceptors (Lipinski definition) is 6. The van der Waals surface area contributed by atoms with Crippen LogP contribution in [0.15, 0.2) is 0 Å². The van der Waals surface area contributed by atoms with Crippen LogP contribution in [0.2, 0.25) is 0 Å². The number of carbonyl (C=O) groups excluding carboxylic acids is 3. The Labute approximate surface area is 174 Å². The molecule has 0 aliphatic rings. The molecule has 1 atom stereocenters. The average Bonchev–Trinajstić information content (AvgIpc) is 2.63. The zero-order chi connectivity index (χ0) is 21.4. The first-order chi connectivity index (χ1) is 13.3. The standard InChI is InChI=1S/C20H38N2O5S/c1-6-9-26-10-8-22-20(25)18(28-14-17(23)16(4)5)12-19(24)21-7-11-27-13-15(2)3/h15-16,18H,6-14H2,1-5H3,(H,21,24)(H,22,25). The van der Waals surface area contributed by atoms with E-state index in [-0.39, 0.29) is 35.7 Å². The Bertz CT molecular complexity index is 458. The largest absolute Gasteiger partial charge is 0.380 e. The van der Waals surface area contributed by atoms with Crippen LogP contribution in [0.1, 0.15) is 47.5 Å². The fourth-order valence-electron chi connectivity index (χ4n) is 2.01. The lowest BCUT2D eigenvalue weighted by molar-refractivity contribution is -0.126. The van der Waals surface area contributed by atoms with Crippen molar-refractivity contribution in [3.63, 3.8) is 0 Å². The van der Waals surface area contributed by atoms with Gasteiger partial charge in [-0.2, -0.15) is 0 Å². The normalized spacial score (nSPS) is 12.2. The SMILES string of the molecule is CCCOCCNC(=O)C(CC(=O)NCCOCC(C)C)SCC(=O)C(C)C. The summed E-state index contributed by atoms with van der Waals surface area (Å²) in [5.74, 6) is 0.169. The fraction of sp³-hybridized carbons (Fsp3) is 0.850. The molecule has 1 unspecified atom stereocenters. The molecule has 0 radical (unpaired) electrons. The summed E-state index contributed by atoms with van der Waals surface area (Å²) in [5, 5.41) is 4.95. The van der Waals surface area contributed by atoms with Gasteiger partial charge in [-0.3, -0.25) is 14.4 Å². The van der Waals surface area contributed by atoms with Crippen molar-refractivity contribution < 1.29 is 23.9 Å². The molecule has 0 aromatic heterocycles. The van der Waals surface area contributed by atoms with E-state index in [0.29, 0.717) is 45.4 Å². The molecule has 28 heavy (non-hydrogen) atoms. The monoisotopic (exact) mass is 418 g/mol. The maximum atomic E-state index is 12.4. The predicted molar refractivity (Wildman–Crippen MR) is 113 cm³/mol. The van der Waals surface area contributed by atoms with Crippen molar-refractivity contribution in [2.45, 2.75) is 52.7 Å². The van der Waals surface area contributed by atoms with Crippen LogP contribution in [-0.4, -0.2) is 68.1 Å². The van der Waals surface area contributed by atoms with Crippen molar-refractivity contribution in [2.75, 3.05) is 45.3 Å². The highest BCUT2D eigenvalue weighted by Crippen LogP contribution is 2.17. The quantitative estimate of drug-likeness (QED) is 0.351. The first kappa shape index (κ1) is 26.9. The Morgan fingerprint density at radius 3 is 2.18 bits per heavy atom. The van der Waals surface area contributed by atoms with Gasteiger partial charge < -0.3 is 20.1 Å². The molecule has 0 aliphatic carbocycles. The maximum absolute atomic E-state index is 12.4. The third-order valence-corrected chi connectivity index (χ3v) is 4.88. The van der Waals surface area contributed by atoms with Crippen LogP contribution in [0.3, 0.4) is 0 Å². The molecule has 0 spiro atoms. The molecular weight excluding hydrogens is 380 g/mol. The summed E-state index contributed by atoms with van der Waals surface area (Å²) in [6.07, 6.45) is 0.951. The van der Waals surface area contributed by atoms with Gasteiger partial charge in [0.15, 0.2) is 0 Å². The summed E-state index contributed by atoms with van der Waals surface area (Å²) in [5.41, 5.74) is 0. The van der Waals surface area contributed by atoms with Gasteiger partial charge in [0.05, 0.1) is 24.2 Å². The van der Waals surface area contributed by atoms with Crippen molar-refractivity contribution in [3.8, 4) is 0 Å². The number of hydrogen-bond donors (Lipinski definition) is 2. The minimum Gasteiger partial charge on any atom is -0.380 e. The van der Waals surface area contributed by atoms with Crippen LogP contribution >= 0.6 is 11.8 Å². The molecule has 0 heterocycles. The molecule has 0 aromatic rings. The Morgan fingerprint density at radius 2 is 1.57 bits per heavy atom. The topological polar surface area (TPSA) is 93.7 Å². The van der Waals surface area contributed by atoms with Crippen LogP contribution in [0, 0.1) is 11.8 Å². The Morgan fingerprint density at radius 1 is 0.929 bits per heavy atom. The molecule has 8 heteroatoms. The van der Waals surface area contributed by atoms with Crippen LogP contribution < -0.4 is 10.6 Å². The van der Waals surface area contributed by atoms with E-state index < -0.39 is 5.25 Å². The van der Waals surface area contributed by atoms with Gasteiger partial charge in [-0.05, 0) is 12.3 Å². The molecular formula is C20H38N2O5S. The summed E-state index contributed by atoms with van der Waals surface area (Å²) in [6, 6.07) is 0. The van der Waals surface area contributed by atoms with Crippen molar-refractivity contribution in [1.82, 2.24) is 10.6 Å². The second-order valence-electron chi connectivity index (χ2n) is 7.35. The molecule has 0 saturated carbocycles. The summed E-state index contributed by atoms with van der Waals surface area (Å²) < 4.78 is 10.8. The molecule has 164 valence electrons. The van der Waals surface area contributed by atoms with Crippen molar-refractivity contribution >= 4 is 29.4 Å². The average molecular weight is 419 g/mol. The molecule has 0 fully saturated rings. The minimum atomic E-state index is -0.606. The molecule has 2 N–H and O–H groups in total. The molecule has 0 rings (SSSR count). The lowest BCUT2D eigenvalue weighted by atomic mass is 10.1. The van der Waals surface area contributed by atoms with Gasteiger partial charge in [-0.1, -0.05) is 34.6 Å². The van der Waals surface area contributed by atoms with E-state index in [2.05, 4.69) is 24.5 Å². The van der Waals surface area contributed by atoms with Gasteiger partial charge in [0.1, 0.15) is 5.78 Å². The van der Waals surface area contributed by atoms with Crippen LogP contribution in [0.4, 0.5) is 0 Å². The molecule has 7 nitrogen and oxygen atoms in total. The second-order valence-corrected chi connectivity index (χ2v) is 8.54. The fourth-order valence-corrected chi connectivity index (χ4v) is 3.21. The predicted octanol–water partition coefficient (Wildman–Crippen LogP) is 2.04. The van der Waals surface area contributed by atoms with E-state index in [1.807, 2.05) is 20.8 Å². The summed E-state index contributed by atoms with van der Waals surface area (Å²) in [7, 11) is 0. The third kappa shape index (κ3) is 14.9. The highest BCUT2D eigenvalue weighted by atomic mass is 32.2. The zero-order valence-electron chi connectivity index (χ0n) is 18.0. The van der Waals surface area contributed by atoms with Crippen molar-refractivity contribution in [1.29, 1.82) is 0 Å². The molecule has 0 bridgehead atoms. The Hall–Kier alpha value is -1.12. The van der Waals surface area contributed by atoms with E-state index in [1.165, 1.54) is 11.8 Å². The van der Waals surface area contributed by atoms with E-state index in [9.17, 15) is 14.4 Å². The number of amides is 2. The first-order valence-corrected chi connectivity index (χ1v) is 11.2. The van der Waals surface area contributed by atoms with Gasteiger partial charge in [0.2, 0.25) is 11.8 Å². The Kier molecular flexibility index (Phi) is 16.1. The van der Waals surface area contributed by atoms with Gasteiger partial charge in [-0.15, -0.1) is 11.8 Å². The number of thioether (sulfide) groups is 1. The second kappa shape index (κ2) is 16.8. The van der Waals surface area contributed by atoms with E-state index in [0.717, 1.165) is 6.42 Å². The van der Waals surface area contributed by atoms with Gasteiger partial charge >= 0.3 is 0 Å². The lowest BCUT2D eigenvalue weighted by Crippen LogP contribution is -2.39. The van der Waals surface area contributed by atoms with Crippen molar-refractivity contribution in [3.05, 3.63) is 0 Å². The summed E-state index contributed by atoms with van der Waals surface area (Å²) in [4.78, 5) is 36.5. The van der Waals surface area contributed by atoms with E-state index >= 15 is 0 Å². The lowest BCUT2D eigenvalue weighted by Gasteiger charge is -2.17. The summed E-state index contributed by atoms with van der Waals surface area (Å²) in [6.45, 7) is 12.8. The number of rotatable bonds is 17. The summed E-state index contributed by atoms with van der Waals surface area (Å²) >= 11 is 1.22. The van der Waals surface area contributed by atoms with Crippen molar-refractivity contribution in [2.24, 2.45) is 11.8 Å². The molecule has 0 aliphatic heterocycles.